The molecule has 1 aliphatic heterocycles. The molecule has 10 heteroatoms. The van der Waals surface area contributed by atoms with E-state index in [1.807, 2.05) is 61.6 Å². The minimum atomic E-state index is -0.695. The van der Waals surface area contributed by atoms with E-state index in [9.17, 15) is 14.4 Å². The molecule has 214 valence electrons. The van der Waals surface area contributed by atoms with E-state index in [2.05, 4.69) is 15.5 Å². The number of carbonyl (C=O) groups excluding carboxylic acids is 3. The average Bonchev–Trinajstić information content (AvgIpc) is 3.58. The predicted molar refractivity (Wildman–Crippen MR) is 151 cm³/mol. The minimum Gasteiger partial charge on any atom is -0.444 e. The number of ether oxygens (including phenoxy) is 2. The van der Waals surface area contributed by atoms with Gasteiger partial charge in [0, 0.05) is 37.4 Å². The van der Waals surface area contributed by atoms with Gasteiger partial charge in [-0.05, 0) is 78.7 Å². The van der Waals surface area contributed by atoms with Gasteiger partial charge < -0.3 is 25.0 Å². The molecule has 1 aliphatic carbocycles. The van der Waals surface area contributed by atoms with E-state index in [4.69, 9.17) is 14.5 Å². The molecule has 0 aromatic carbocycles. The van der Waals surface area contributed by atoms with Crippen molar-refractivity contribution in [1.29, 1.82) is 0 Å². The Bertz CT molecular complexity index is 1250. The smallest absolute Gasteiger partial charge is 0.420 e. The van der Waals surface area contributed by atoms with Crippen LogP contribution in [0.5, 0.6) is 0 Å². The van der Waals surface area contributed by atoms with E-state index in [-0.39, 0.29) is 17.9 Å². The lowest BCUT2D eigenvalue weighted by Gasteiger charge is -2.36. The molecule has 10 nitrogen and oxygen atoms in total. The molecule has 39 heavy (non-hydrogen) atoms. The number of carbonyl (C=O) groups is 3. The van der Waals surface area contributed by atoms with Crippen molar-refractivity contribution in [3.8, 4) is 0 Å². The van der Waals surface area contributed by atoms with Crippen LogP contribution >= 0.6 is 0 Å². The van der Waals surface area contributed by atoms with Gasteiger partial charge in [-0.25, -0.2) is 19.1 Å². The molecule has 0 bridgehead atoms. The summed E-state index contributed by atoms with van der Waals surface area (Å²) in [6.45, 7) is 16.0. The standard InChI is InChI=1S/C29H43N5O5/c1-17(2)25(35)32-21-16-34(27(37)39-29(6,7)8)24-22(21)23(20(14-30-24)18-11-12-18)33-13-9-10-19(15-33)31-26(36)38-28(3,4)5/h14,16-19H,9-13,15H2,1-8H3,(H,31,36)(H,32,35). The van der Waals surface area contributed by atoms with Crippen LogP contribution in [0.25, 0.3) is 11.0 Å². The Morgan fingerprint density at radius 2 is 1.69 bits per heavy atom. The second-order valence-corrected chi connectivity index (χ2v) is 13.0. The van der Waals surface area contributed by atoms with Crippen molar-refractivity contribution in [3.05, 3.63) is 18.0 Å². The number of hydrogen-bond donors (Lipinski definition) is 2. The Morgan fingerprint density at radius 3 is 2.28 bits per heavy atom. The first-order valence-electron chi connectivity index (χ1n) is 14.0. The van der Waals surface area contributed by atoms with Crippen molar-refractivity contribution in [2.45, 2.75) is 104 Å². The summed E-state index contributed by atoms with van der Waals surface area (Å²) < 4.78 is 12.6. The number of nitrogens with zero attached hydrogens (tertiary/aromatic N) is 3. The summed E-state index contributed by atoms with van der Waals surface area (Å²) in [5.74, 6) is -0.0240. The van der Waals surface area contributed by atoms with Crippen molar-refractivity contribution >= 4 is 40.5 Å². The number of hydrogen-bond acceptors (Lipinski definition) is 7. The monoisotopic (exact) mass is 541 g/mol. The van der Waals surface area contributed by atoms with Crippen LogP contribution in [0, 0.1) is 5.92 Å². The third kappa shape index (κ3) is 7.02. The summed E-state index contributed by atoms with van der Waals surface area (Å²) in [4.78, 5) is 45.6. The molecule has 2 aromatic heterocycles. The molecule has 2 amide bonds. The lowest BCUT2D eigenvalue weighted by atomic mass is 10.0. The van der Waals surface area contributed by atoms with Crippen LogP contribution in [0.3, 0.4) is 0 Å². The molecule has 2 aliphatic rings. The summed E-state index contributed by atoms with van der Waals surface area (Å²) in [6, 6.07) is -0.106. The topological polar surface area (TPSA) is 115 Å². The van der Waals surface area contributed by atoms with Crippen molar-refractivity contribution in [2.75, 3.05) is 23.3 Å². The first-order valence-corrected chi connectivity index (χ1v) is 14.0. The van der Waals surface area contributed by atoms with Crippen molar-refractivity contribution in [2.24, 2.45) is 5.92 Å². The largest absolute Gasteiger partial charge is 0.444 e. The number of pyridine rings is 1. The van der Waals surface area contributed by atoms with Crippen LogP contribution in [0.15, 0.2) is 12.4 Å². The van der Waals surface area contributed by atoms with Gasteiger partial charge in [0.2, 0.25) is 5.91 Å². The Labute approximate surface area is 230 Å². The molecule has 0 spiro atoms. The summed E-state index contributed by atoms with van der Waals surface area (Å²) >= 11 is 0. The predicted octanol–water partition coefficient (Wildman–Crippen LogP) is 5.78. The fourth-order valence-corrected chi connectivity index (χ4v) is 4.82. The number of piperidine rings is 1. The van der Waals surface area contributed by atoms with Crippen molar-refractivity contribution in [3.63, 3.8) is 0 Å². The second-order valence-electron chi connectivity index (χ2n) is 13.0. The molecule has 4 rings (SSSR count). The van der Waals surface area contributed by atoms with Gasteiger partial charge in [-0.15, -0.1) is 0 Å². The lowest BCUT2D eigenvalue weighted by molar-refractivity contribution is -0.118. The van der Waals surface area contributed by atoms with Gasteiger partial charge in [0.15, 0.2) is 5.65 Å². The highest BCUT2D eigenvalue weighted by Gasteiger charge is 2.35. The van der Waals surface area contributed by atoms with Gasteiger partial charge in [-0.3, -0.25) is 4.79 Å². The first kappa shape index (κ1) is 28.7. The summed E-state index contributed by atoms with van der Waals surface area (Å²) in [7, 11) is 0. The maximum Gasteiger partial charge on any atom is 0.420 e. The van der Waals surface area contributed by atoms with Crippen LogP contribution in [-0.4, -0.2) is 58.0 Å². The van der Waals surface area contributed by atoms with E-state index in [1.165, 1.54) is 4.57 Å². The van der Waals surface area contributed by atoms with E-state index in [0.717, 1.165) is 48.9 Å². The number of rotatable bonds is 5. The van der Waals surface area contributed by atoms with Gasteiger partial charge >= 0.3 is 12.2 Å². The van der Waals surface area contributed by atoms with Crippen LogP contribution in [0.4, 0.5) is 21.0 Å². The fraction of sp³-hybridized carbons (Fsp3) is 0.655. The van der Waals surface area contributed by atoms with E-state index in [1.54, 1.807) is 6.20 Å². The maximum atomic E-state index is 13.2. The zero-order valence-corrected chi connectivity index (χ0v) is 24.5. The Kier molecular flexibility index (Phi) is 7.87. The minimum absolute atomic E-state index is 0.106. The SMILES string of the molecule is CC(C)C(=O)Nc1cn(C(=O)OC(C)(C)C)c2ncc(C3CC3)c(N3CCCC(NC(=O)OC(C)(C)C)C3)c12. The quantitative estimate of drug-likeness (QED) is 0.493. The Morgan fingerprint density at radius 1 is 1.03 bits per heavy atom. The molecule has 1 atom stereocenters. The van der Waals surface area contributed by atoms with Gasteiger partial charge in [-0.1, -0.05) is 13.8 Å². The highest BCUT2D eigenvalue weighted by atomic mass is 16.6. The molecule has 2 fully saturated rings. The van der Waals surface area contributed by atoms with Crippen LogP contribution in [0.1, 0.15) is 92.6 Å². The molecule has 2 N–H and O–H groups in total. The van der Waals surface area contributed by atoms with Crippen LogP contribution < -0.4 is 15.5 Å². The lowest BCUT2D eigenvalue weighted by Crippen LogP contribution is -2.49. The van der Waals surface area contributed by atoms with Crippen molar-refractivity contribution < 1.29 is 23.9 Å². The number of alkyl carbamates (subject to hydrolysis) is 1. The summed E-state index contributed by atoms with van der Waals surface area (Å²) in [5, 5.41) is 6.78. The zero-order chi connectivity index (χ0) is 28.7. The summed E-state index contributed by atoms with van der Waals surface area (Å²) in [5.41, 5.74) is 1.75. The van der Waals surface area contributed by atoms with Gasteiger partial charge in [0.1, 0.15) is 11.2 Å². The molecular weight excluding hydrogens is 498 g/mol. The number of aromatic nitrogens is 2. The van der Waals surface area contributed by atoms with Gasteiger partial charge in [0.25, 0.3) is 0 Å². The average molecular weight is 542 g/mol. The molecule has 1 unspecified atom stereocenters. The maximum absolute atomic E-state index is 13.2. The Hall–Kier alpha value is -3.30. The first-order chi connectivity index (χ1) is 18.1. The van der Waals surface area contributed by atoms with Crippen molar-refractivity contribution in [1.82, 2.24) is 14.9 Å². The zero-order valence-electron chi connectivity index (χ0n) is 24.5. The third-order valence-electron chi connectivity index (χ3n) is 6.66. The molecular formula is C29H43N5O5. The molecule has 1 saturated carbocycles. The van der Waals surface area contributed by atoms with E-state index >= 15 is 0 Å². The highest BCUT2D eigenvalue weighted by molar-refractivity contribution is 6.10. The second kappa shape index (κ2) is 10.7. The molecule has 2 aromatic rings. The fourth-order valence-electron chi connectivity index (χ4n) is 4.82. The van der Waals surface area contributed by atoms with Crippen LogP contribution in [0.2, 0.25) is 0 Å². The van der Waals surface area contributed by atoms with E-state index < -0.39 is 23.4 Å². The number of amides is 2. The van der Waals surface area contributed by atoms with Gasteiger partial charge in [0.05, 0.1) is 16.8 Å². The van der Waals surface area contributed by atoms with Crippen LogP contribution in [-0.2, 0) is 14.3 Å². The number of fused-ring (bicyclic) bond motifs is 1. The third-order valence-corrected chi connectivity index (χ3v) is 6.66. The van der Waals surface area contributed by atoms with E-state index in [0.29, 0.717) is 23.8 Å². The number of anilines is 2. The summed E-state index contributed by atoms with van der Waals surface area (Å²) in [6.07, 6.45) is 6.31. The molecule has 0 radical (unpaired) electrons. The highest BCUT2D eigenvalue weighted by Crippen LogP contribution is 2.48. The normalized spacial score (nSPS) is 18.3. The Balaban J connectivity index is 1.78. The molecule has 1 saturated heterocycles. The van der Waals surface area contributed by atoms with Gasteiger partial charge in [-0.2, -0.15) is 0 Å². The number of nitrogens with one attached hydrogen (secondary N) is 2. The molecule has 3 heterocycles.